The van der Waals surface area contributed by atoms with Crippen molar-refractivity contribution in [3.05, 3.63) is 35.9 Å². The first-order chi connectivity index (χ1) is 8.06. The van der Waals surface area contributed by atoms with Gasteiger partial charge < -0.3 is 21.0 Å². The molecule has 7 heteroatoms. The highest BCUT2D eigenvalue weighted by Crippen LogP contribution is 2.22. The monoisotopic (exact) mass is 254 g/mol. The van der Waals surface area contributed by atoms with E-state index in [0.29, 0.717) is 5.56 Å². The zero-order valence-corrected chi connectivity index (χ0v) is 9.91. The van der Waals surface area contributed by atoms with Gasteiger partial charge in [0.2, 0.25) is 0 Å². The summed E-state index contributed by atoms with van der Waals surface area (Å²) in [6.45, 7) is -0.115. The first-order valence-electron chi connectivity index (χ1n) is 4.80. The van der Waals surface area contributed by atoms with E-state index in [1.165, 1.54) is 0 Å². The first-order valence-corrected chi connectivity index (χ1v) is 5.17. The van der Waals surface area contributed by atoms with Crippen molar-refractivity contribution >= 4 is 24.8 Å². The number of hydrogen-bond acceptors (Lipinski definition) is 5. The van der Waals surface area contributed by atoms with Crippen molar-refractivity contribution in [3.63, 3.8) is 0 Å². The standard InChI is InChI=1S/C10H14N4O2S/c11-6-10(8(15)16-17,14-9(12)13)7-4-2-1-3-5-7/h1-5,17H,6,11H2,(H4,12,13,14). The van der Waals surface area contributed by atoms with E-state index in [4.69, 9.17) is 16.9 Å². The molecule has 6 nitrogen and oxygen atoms in total. The lowest BCUT2D eigenvalue weighted by Gasteiger charge is -2.30. The molecule has 1 aromatic rings. The average Bonchev–Trinajstić information content (AvgIpc) is 2.35. The molecule has 0 saturated carbocycles. The number of nitrogens with two attached hydrogens (primary N) is 2. The molecule has 0 heterocycles. The van der Waals surface area contributed by atoms with Gasteiger partial charge >= 0.3 is 5.97 Å². The second-order valence-corrected chi connectivity index (χ2v) is 3.58. The van der Waals surface area contributed by atoms with E-state index in [9.17, 15) is 4.79 Å². The molecule has 0 radical (unpaired) electrons. The summed E-state index contributed by atoms with van der Waals surface area (Å²) in [5, 5.41) is 9.77. The lowest BCUT2D eigenvalue weighted by atomic mass is 9.90. The molecule has 0 aliphatic rings. The van der Waals surface area contributed by atoms with E-state index in [-0.39, 0.29) is 12.5 Å². The molecule has 17 heavy (non-hydrogen) atoms. The summed E-state index contributed by atoms with van der Waals surface area (Å²) in [6.07, 6.45) is 0. The van der Waals surface area contributed by atoms with Crippen LogP contribution in [0.3, 0.4) is 0 Å². The van der Waals surface area contributed by atoms with Crippen LogP contribution in [-0.4, -0.2) is 18.5 Å². The van der Waals surface area contributed by atoms with Crippen molar-refractivity contribution < 1.29 is 8.98 Å². The number of rotatable bonds is 4. The minimum absolute atomic E-state index is 0.115. The van der Waals surface area contributed by atoms with Crippen molar-refractivity contribution in [3.8, 4) is 0 Å². The highest BCUT2D eigenvalue weighted by Gasteiger charge is 2.41. The fourth-order valence-electron chi connectivity index (χ4n) is 1.52. The van der Waals surface area contributed by atoms with Crippen LogP contribution < -0.4 is 16.8 Å². The third kappa shape index (κ3) is 2.69. The van der Waals surface area contributed by atoms with E-state index in [2.05, 4.69) is 22.4 Å². The number of benzene rings is 1. The van der Waals surface area contributed by atoms with Gasteiger partial charge in [-0.15, -0.1) is 0 Å². The normalized spacial score (nSPS) is 13.5. The van der Waals surface area contributed by atoms with Crippen LogP contribution >= 0.6 is 12.9 Å². The van der Waals surface area contributed by atoms with Crippen molar-refractivity contribution in [2.24, 2.45) is 11.5 Å². The quantitative estimate of drug-likeness (QED) is 0.219. The van der Waals surface area contributed by atoms with Crippen molar-refractivity contribution in [1.29, 1.82) is 5.41 Å². The molecular formula is C10H14N4O2S. The van der Waals surface area contributed by atoms with Crippen LogP contribution in [0.15, 0.2) is 30.3 Å². The Morgan fingerprint density at radius 3 is 2.47 bits per heavy atom. The zero-order chi connectivity index (χ0) is 12.9. The minimum atomic E-state index is -1.39. The molecule has 1 rings (SSSR count). The molecular weight excluding hydrogens is 240 g/mol. The van der Waals surface area contributed by atoms with Crippen LogP contribution in [0, 0.1) is 5.41 Å². The molecule has 92 valence electrons. The summed E-state index contributed by atoms with van der Waals surface area (Å²) in [7, 11) is 0. The van der Waals surface area contributed by atoms with Gasteiger partial charge in [-0.3, -0.25) is 5.41 Å². The Morgan fingerprint density at radius 2 is 2.06 bits per heavy atom. The molecule has 0 aromatic heterocycles. The Bertz CT molecular complexity index is 412. The summed E-state index contributed by atoms with van der Waals surface area (Å²) in [5.74, 6) is -1.09. The fourth-order valence-corrected chi connectivity index (χ4v) is 1.68. The summed E-state index contributed by atoms with van der Waals surface area (Å²) < 4.78 is 4.42. The van der Waals surface area contributed by atoms with Gasteiger partial charge in [-0.25, -0.2) is 4.79 Å². The average molecular weight is 254 g/mol. The third-order valence-corrected chi connectivity index (χ3v) is 2.52. The van der Waals surface area contributed by atoms with Crippen LogP contribution in [0.1, 0.15) is 5.56 Å². The largest absolute Gasteiger partial charge is 0.393 e. The molecule has 6 N–H and O–H groups in total. The summed E-state index contributed by atoms with van der Waals surface area (Å²) >= 11 is 3.48. The predicted octanol–water partition coefficient (Wildman–Crippen LogP) is -0.288. The smallest absolute Gasteiger partial charge is 0.349 e. The maximum atomic E-state index is 11.8. The molecule has 0 amide bonds. The van der Waals surface area contributed by atoms with E-state index >= 15 is 0 Å². The highest BCUT2D eigenvalue weighted by molar-refractivity contribution is 7.75. The van der Waals surface area contributed by atoms with E-state index in [1.54, 1.807) is 30.3 Å². The van der Waals surface area contributed by atoms with Crippen molar-refractivity contribution in [2.75, 3.05) is 6.54 Å². The number of nitrogens with one attached hydrogen (secondary N) is 2. The minimum Gasteiger partial charge on any atom is -0.393 e. The van der Waals surface area contributed by atoms with Crippen molar-refractivity contribution in [2.45, 2.75) is 5.54 Å². The van der Waals surface area contributed by atoms with Gasteiger partial charge in [0.05, 0.1) is 0 Å². The van der Waals surface area contributed by atoms with Gasteiger partial charge in [0.15, 0.2) is 11.5 Å². The Kier molecular flexibility index (Phi) is 4.36. The third-order valence-electron chi connectivity index (χ3n) is 2.35. The van der Waals surface area contributed by atoms with Crippen LogP contribution in [0.2, 0.25) is 0 Å². The molecule has 0 fully saturated rings. The molecule has 0 bridgehead atoms. The maximum Gasteiger partial charge on any atom is 0.349 e. The van der Waals surface area contributed by atoms with Gasteiger partial charge in [0.1, 0.15) is 0 Å². The lowest BCUT2D eigenvalue weighted by molar-refractivity contribution is -0.139. The molecule has 0 spiro atoms. The topological polar surface area (TPSA) is 114 Å². The maximum absolute atomic E-state index is 11.8. The number of thiol groups is 1. The van der Waals surface area contributed by atoms with Crippen molar-refractivity contribution in [1.82, 2.24) is 5.32 Å². The summed E-state index contributed by atoms with van der Waals surface area (Å²) in [4.78, 5) is 11.8. The number of hydrogen-bond donors (Lipinski definition) is 5. The Labute approximate surface area is 104 Å². The Hall–Kier alpha value is -1.73. The second kappa shape index (κ2) is 5.55. The molecule has 0 saturated heterocycles. The van der Waals surface area contributed by atoms with Gasteiger partial charge in [0.25, 0.3) is 0 Å². The second-order valence-electron chi connectivity index (χ2n) is 3.39. The number of guanidine groups is 1. The SMILES string of the molecule is N=C(N)NC(CN)(C(=O)OS)c1ccccc1. The zero-order valence-electron chi connectivity index (χ0n) is 9.01. The lowest BCUT2D eigenvalue weighted by Crippen LogP contribution is -2.58. The summed E-state index contributed by atoms with van der Waals surface area (Å²) in [6, 6.07) is 8.66. The van der Waals surface area contributed by atoms with Gasteiger partial charge in [-0.05, 0) is 5.56 Å². The van der Waals surface area contributed by atoms with E-state index < -0.39 is 11.5 Å². The fraction of sp³-hybridized carbons (Fsp3) is 0.200. The van der Waals surface area contributed by atoms with Gasteiger partial charge in [-0.1, -0.05) is 30.3 Å². The predicted molar refractivity (Wildman–Crippen MR) is 67.3 cm³/mol. The Morgan fingerprint density at radius 1 is 1.47 bits per heavy atom. The first kappa shape index (κ1) is 13.3. The van der Waals surface area contributed by atoms with E-state index in [1.807, 2.05) is 0 Å². The van der Waals surface area contributed by atoms with Gasteiger partial charge in [0, 0.05) is 19.5 Å². The molecule has 1 aromatic carbocycles. The Balaban J connectivity index is 3.25. The van der Waals surface area contributed by atoms with Crippen LogP contribution in [0.25, 0.3) is 0 Å². The molecule has 1 unspecified atom stereocenters. The number of carbonyl (C=O) groups is 1. The molecule has 0 aliphatic carbocycles. The summed E-state index contributed by atoms with van der Waals surface area (Å²) in [5.41, 5.74) is 10.0. The molecule has 0 aliphatic heterocycles. The van der Waals surface area contributed by atoms with Crippen LogP contribution in [0.4, 0.5) is 0 Å². The number of carbonyl (C=O) groups excluding carboxylic acids is 1. The molecule has 1 atom stereocenters. The highest BCUT2D eigenvalue weighted by atomic mass is 32.1. The van der Waals surface area contributed by atoms with Crippen LogP contribution in [-0.2, 0) is 14.5 Å². The van der Waals surface area contributed by atoms with Gasteiger partial charge in [-0.2, -0.15) is 0 Å². The van der Waals surface area contributed by atoms with E-state index in [0.717, 1.165) is 0 Å². The van der Waals surface area contributed by atoms with Crippen LogP contribution in [0.5, 0.6) is 0 Å².